The molecule has 1 fully saturated rings. The van der Waals surface area contributed by atoms with Gasteiger partial charge in [0.05, 0.1) is 11.7 Å². The van der Waals surface area contributed by atoms with Gasteiger partial charge in [-0.15, -0.1) is 0 Å². The van der Waals surface area contributed by atoms with E-state index in [-0.39, 0.29) is 12.0 Å². The normalized spacial score (nSPS) is 24.5. The van der Waals surface area contributed by atoms with Gasteiger partial charge in [-0.1, -0.05) is 6.92 Å². The number of aliphatic hydroxyl groups excluding tert-OH is 1. The van der Waals surface area contributed by atoms with Crippen molar-refractivity contribution >= 4 is 5.82 Å². The number of rotatable bonds is 1. The average molecular weight is 217 g/mol. The van der Waals surface area contributed by atoms with Gasteiger partial charge >= 0.3 is 0 Å². The maximum Gasteiger partial charge on any atom is 0.146 e. The Balaban J connectivity index is 2.34. The smallest absolute Gasteiger partial charge is 0.146 e. The minimum atomic E-state index is -0.325. The summed E-state index contributed by atoms with van der Waals surface area (Å²) in [6.45, 7) is 5.23. The number of hydrogen-bond acceptors (Lipinski definition) is 4. The SMILES string of the molecule is Cc1ccc(C#N)c(N2C[C@H](C)[C@@H](O)C2)n1. The highest BCUT2D eigenvalue weighted by atomic mass is 16.3. The lowest BCUT2D eigenvalue weighted by Crippen LogP contribution is -2.23. The quantitative estimate of drug-likeness (QED) is 0.764. The van der Waals surface area contributed by atoms with E-state index < -0.39 is 0 Å². The molecule has 16 heavy (non-hydrogen) atoms. The Morgan fingerprint density at radius 1 is 1.50 bits per heavy atom. The van der Waals surface area contributed by atoms with Gasteiger partial charge in [-0.2, -0.15) is 5.26 Å². The van der Waals surface area contributed by atoms with Gasteiger partial charge in [-0.25, -0.2) is 4.98 Å². The molecule has 1 N–H and O–H groups in total. The van der Waals surface area contributed by atoms with Crippen LogP contribution in [0.4, 0.5) is 5.82 Å². The monoisotopic (exact) mass is 217 g/mol. The van der Waals surface area contributed by atoms with Gasteiger partial charge in [-0.3, -0.25) is 0 Å². The molecule has 0 saturated carbocycles. The molecule has 1 aliphatic heterocycles. The second kappa shape index (κ2) is 4.11. The van der Waals surface area contributed by atoms with E-state index in [0.29, 0.717) is 17.9 Å². The van der Waals surface area contributed by atoms with Crippen molar-refractivity contribution in [2.75, 3.05) is 18.0 Å². The van der Waals surface area contributed by atoms with Crippen LogP contribution in [0, 0.1) is 24.2 Å². The van der Waals surface area contributed by atoms with E-state index in [0.717, 1.165) is 12.2 Å². The molecule has 0 aromatic carbocycles. The van der Waals surface area contributed by atoms with E-state index >= 15 is 0 Å². The molecular weight excluding hydrogens is 202 g/mol. The summed E-state index contributed by atoms with van der Waals surface area (Å²) in [5.41, 5.74) is 1.47. The van der Waals surface area contributed by atoms with Crippen LogP contribution in [-0.4, -0.2) is 29.3 Å². The molecule has 0 unspecified atom stereocenters. The maximum atomic E-state index is 9.71. The Morgan fingerprint density at radius 3 is 2.81 bits per heavy atom. The molecule has 84 valence electrons. The van der Waals surface area contributed by atoms with Crippen LogP contribution in [0.25, 0.3) is 0 Å². The number of aryl methyl sites for hydroxylation is 1. The Bertz CT molecular complexity index is 428. The molecule has 1 aromatic heterocycles. The molecule has 0 radical (unpaired) electrons. The van der Waals surface area contributed by atoms with Crippen LogP contribution >= 0.6 is 0 Å². The first-order chi connectivity index (χ1) is 7.61. The Morgan fingerprint density at radius 2 is 2.25 bits per heavy atom. The summed E-state index contributed by atoms with van der Waals surface area (Å²) in [4.78, 5) is 6.37. The molecule has 0 spiro atoms. The number of anilines is 1. The van der Waals surface area contributed by atoms with E-state index in [9.17, 15) is 5.11 Å². The zero-order valence-corrected chi connectivity index (χ0v) is 9.51. The van der Waals surface area contributed by atoms with E-state index in [1.165, 1.54) is 0 Å². The number of aliphatic hydroxyl groups is 1. The molecule has 2 heterocycles. The maximum absolute atomic E-state index is 9.71. The van der Waals surface area contributed by atoms with Crippen molar-refractivity contribution < 1.29 is 5.11 Å². The lowest BCUT2D eigenvalue weighted by atomic mass is 10.1. The zero-order valence-electron chi connectivity index (χ0n) is 9.51. The largest absolute Gasteiger partial charge is 0.391 e. The van der Waals surface area contributed by atoms with Gasteiger partial charge in [0, 0.05) is 24.7 Å². The Labute approximate surface area is 95.1 Å². The lowest BCUT2D eigenvalue weighted by molar-refractivity contribution is 0.157. The van der Waals surface area contributed by atoms with Crippen LogP contribution in [0.3, 0.4) is 0 Å². The summed E-state index contributed by atoms with van der Waals surface area (Å²) < 4.78 is 0. The lowest BCUT2D eigenvalue weighted by Gasteiger charge is -2.18. The third-order valence-corrected chi connectivity index (χ3v) is 3.01. The fourth-order valence-electron chi connectivity index (χ4n) is 1.99. The van der Waals surface area contributed by atoms with Crippen LogP contribution in [-0.2, 0) is 0 Å². The standard InChI is InChI=1S/C12H15N3O/c1-8-6-15(7-11(8)16)12-10(5-13)4-3-9(2)14-12/h3-4,8,11,16H,6-7H2,1-2H3/t8-,11-/m0/s1. The predicted molar refractivity (Wildman–Crippen MR) is 61.1 cm³/mol. The molecule has 0 amide bonds. The van der Waals surface area contributed by atoms with Crippen LogP contribution in [0.15, 0.2) is 12.1 Å². The summed E-state index contributed by atoms with van der Waals surface area (Å²) in [6.07, 6.45) is -0.325. The van der Waals surface area contributed by atoms with Crippen molar-refractivity contribution in [1.29, 1.82) is 5.26 Å². The van der Waals surface area contributed by atoms with Crippen LogP contribution in [0.2, 0.25) is 0 Å². The Hall–Kier alpha value is -1.60. The third kappa shape index (κ3) is 1.86. The molecule has 1 aliphatic rings. The van der Waals surface area contributed by atoms with Gasteiger partial charge in [0.1, 0.15) is 11.9 Å². The minimum absolute atomic E-state index is 0.230. The second-order valence-electron chi connectivity index (χ2n) is 4.39. The number of nitrogens with zero attached hydrogens (tertiary/aromatic N) is 3. The topological polar surface area (TPSA) is 60.2 Å². The molecule has 1 aromatic rings. The Kier molecular flexibility index (Phi) is 2.80. The van der Waals surface area contributed by atoms with Gasteiger partial charge in [0.15, 0.2) is 0 Å². The molecule has 1 saturated heterocycles. The van der Waals surface area contributed by atoms with E-state index in [2.05, 4.69) is 11.1 Å². The fourth-order valence-corrected chi connectivity index (χ4v) is 1.99. The number of nitriles is 1. The highest BCUT2D eigenvalue weighted by Gasteiger charge is 2.29. The van der Waals surface area contributed by atoms with Gasteiger partial charge in [0.25, 0.3) is 0 Å². The molecule has 4 heteroatoms. The highest BCUT2D eigenvalue weighted by molar-refractivity contribution is 5.55. The van der Waals surface area contributed by atoms with Crippen molar-refractivity contribution in [2.45, 2.75) is 20.0 Å². The van der Waals surface area contributed by atoms with Gasteiger partial charge in [-0.05, 0) is 19.1 Å². The van der Waals surface area contributed by atoms with Crippen molar-refractivity contribution in [3.63, 3.8) is 0 Å². The first kappa shape index (κ1) is 10.9. The van der Waals surface area contributed by atoms with E-state index in [1.54, 1.807) is 6.07 Å². The first-order valence-electron chi connectivity index (χ1n) is 5.42. The van der Waals surface area contributed by atoms with Crippen LogP contribution in [0.5, 0.6) is 0 Å². The highest BCUT2D eigenvalue weighted by Crippen LogP contribution is 2.25. The summed E-state index contributed by atoms with van der Waals surface area (Å²) in [7, 11) is 0. The first-order valence-corrected chi connectivity index (χ1v) is 5.42. The summed E-state index contributed by atoms with van der Waals surface area (Å²) in [6, 6.07) is 5.76. The third-order valence-electron chi connectivity index (χ3n) is 3.01. The number of β-amino-alcohol motifs (C(OH)–C–C–N with tert-alkyl or cyclic N) is 1. The van der Waals surface area contributed by atoms with Crippen molar-refractivity contribution in [3.05, 3.63) is 23.4 Å². The van der Waals surface area contributed by atoms with E-state index in [4.69, 9.17) is 5.26 Å². The van der Waals surface area contributed by atoms with E-state index in [1.807, 2.05) is 24.8 Å². The fraction of sp³-hybridized carbons (Fsp3) is 0.500. The van der Waals surface area contributed by atoms with Gasteiger partial charge in [0.2, 0.25) is 0 Å². The van der Waals surface area contributed by atoms with Crippen LogP contribution in [0.1, 0.15) is 18.2 Å². The van der Waals surface area contributed by atoms with Crippen molar-refractivity contribution in [1.82, 2.24) is 4.98 Å². The average Bonchev–Trinajstić information content (AvgIpc) is 2.59. The zero-order chi connectivity index (χ0) is 11.7. The van der Waals surface area contributed by atoms with Crippen molar-refractivity contribution in [3.8, 4) is 6.07 Å². The molecule has 2 rings (SSSR count). The predicted octanol–water partition coefficient (Wildman–Crippen LogP) is 1.08. The summed E-state index contributed by atoms with van der Waals surface area (Å²) in [5, 5.41) is 18.7. The number of pyridine rings is 1. The van der Waals surface area contributed by atoms with Crippen LogP contribution < -0.4 is 4.90 Å². The molecule has 4 nitrogen and oxygen atoms in total. The molecule has 0 aliphatic carbocycles. The summed E-state index contributed by atoms with van der Waals surface area (Å²) in [5.74, 6) is 0.930. The molecule has 0 bridgehead atoms. The summed E-state index contributed by atoms with van der Waals surface area (Å²) >= 11 is 0. The number of hydrogen-bond donors (Lipinski definition) is 1. The van der Waals surface area contributed by atoms with Crippen molar-refractivity contribution in [2.24, 2.45) is 5.92 Å². The second-order valence-corrected chi connectivity index (χ2v) is 4.39. The van der Waals surface area contributed by atoms with Gasteiger partial charge < -0.3 is 10.0 Å². The molecule has 2 atom stereocenters. The minimum Gasteiger partial charge on any atom is -0.391 e. The molecular formula is C12H15N3O. The number of aromatic nitrogens is 1.